The summed E-state index contributed by atoms with van der Waals surface area (Å²) in [5.74, 6) is 1.77. The molecule has 7 nitrogen and oxygen atoms in total. The monoisotopic (exact) mass is 470 g/mol. The highest BCUT2D eigenvalue weighted by Gasteiger charge is 2.13. The topological polar surface area (TPSA) is 78.4 Å². The maximum Gasteiger partial charge on any atom is 0.275 e. The first-order valence-corrected chi connectivity index (χ1v) is 11.0. The number of fused-ring (bicyclic) bond motifs is 1. The summed E-state index contributed by atoms with van der Waals surface area (Å²) in [4.78, 5) is 12.5. The Kier molecular flexibility index (Phi) is 7.47. The minimum atomic E-state index is -0.400. The summed E-state index contributed by atoms with van der Waals surface area (Å²) in [5.41, 5.74) is 4.69. The Balaban J connectivity index is 1.43. The van der Waals surface area contributed by atoms with Crippen LogP contribution < -0.4 is 24.4 Å². The zero-order chi connectivity index (χ0) is 24.6. The molecule has 0 radical (unpaired) electrons. The molecule has 35 heavy (non-hydrogen) atoms. The summed E-state index contributed by atoms with van der Waals surface area (Å²) < 4.78 is 22.0. The Morgan fingerprint density at radius 1 is 0.829 bits per heavy atom. The molecule has 7 heteroatoms. The molecule has 0 aromatic heterocycles. The Labute approximate surface area is 203 Å². The van der Waals surface area contributed by atoms with Crippen LogP contribution in [0.3, 0.4) is 0 Å². The predicted octanol–water partition coefficient (Wildman–Crippen LogP) is 5.21. The molecule has 0 fully saturated rings. The largest absolute Gasteiger partial charge is 0.497 e. The Bertz CT molecular complexity index is 1360. The van der Waals surface area contributed by atoms with Gasteiger partial charge in [0.2, 0.25) is 0 Å². The lowest BCUT2D eigenvalue weighted by atomic mass is 10.1. The Morgan fingerprint density at radius 3 is 2.43 bits per heavy atom. The van der Waals surface area contributed by atoms with Gasteiger partial charge >= 0.3 is 0 Å². The molecule has 0 saturated heterocycles. The molecule has 0 atom stereocenters. The van der Waals surface area contributed by atoms with Crippen LogP contribution in [0.25, 0.3) is 10.8 Å². The second-order valence-electron chi connectivity index (χ2n) is 7.60. The number of hydrogen-bond donors (Lipinski definition) is 1. The Morgan fingerprint density at radius 2 is 1.63 bits per heavy atom. The molecule has 0 aliphatic heterocycles. The molecular formula is C28H26N2O5. The molecule has 1 N–H and O–H groups in total. The van der Waals surface area contributed by atoms with Crippen molar-refractivity contribution in [3.63, 3.8) is 0 Å². The molecule has 178 valence electrons. The molecule has 0 heterocycles. The number of methoxy groups -OCH3 is 3. The van der Waals surface area contributed by atoms with E-state index in [9.17, 15) is 4.79 Å². The van der Waals surface area contributed by atoms with E-state index in [-0.39, 0.29) is 0 Å². The van der Waals surface area contributed by atoms with Gasteiger partial charge in [0.15, 0.2) is 11.5 Å². The summed E-state index contributed by atoms with van der Waals surface area (Å²) >= 11 is 0. The van der Waals surface area contributed by atoms with Gasteiger partial charge in [-0.15, -0.1) is 0 Å². The van der Waals surface area contributed by atoms with Gasteiger partial charge in [0, 0.05) is 6.07 Å². The van der Waals surface area contributed by atoms with Crippen LogP contribution in [0.4, 0.5) is 0 Å². The number of benzene rings is 4. The van der Waals surface area contributed by atoms with Crippen molar-refractivity contribution in [1.29, 1.82) is 0 Å². The third-order valence-electron chi connectivity index (χ3n) is 5.48. The van der Waals surface area contributed by atoms with Gasteiger partial charge in [-0.3, -0.25) is 4.79 Å². The molecule has 0 aliphatic carbocycles. The average molecular weight is 471 g/mol. The summed E-state index contributed by atoms with van der Waals surface area (Å²) in [6, 6.07) is 24.7. The molecule has 1 amide bonds. The smallest absolute Gasteiger partial charge is 0.275 e. The zero-order valence-corrected chi connectivity index (χ0v) is 19.8. The first kappa shape index (κ1) is 23.6. The molecule has 4 aromatic rings. The van der Waals surface area contributed by atoms with E-state index in [1.165, 1.54) is 18.7 Å². The Hall–Kier alpha value is -4.52. The second kappa shape index (κ2) is 11.1. The van der Waals surface area contributed by atoms with Gasteiger partial charge in [-0.2, -0.15) is 5.10 Å². The third-order valence-corrected chi connectivity index (χ3v) is 5.48. The van der Waals surface area contributed by atoms with E-state index in [0.717, 1.165) is 16.5 Å². The lowest BCUT2D eigenvalue weighted by Gasteiger charge is -2.13. The van der Waals surface area contributed by atoms with Crippen LogP contribution in [-0.2, 0) is 6.61 Å². The quantitative estimate of drug-likeness (QED) is 0.268. The van der Waals surface area contributed by atoms with E-state index in [1.807, 2.05) is 30.3 Å². The molecule has 0 aliphatic rings. The highest BCUT2D eigenvalue weighted by atomic mass is 16.5. The molecule has 4 aromatic carbocycles. The first-order valence-electron chi connectivity index (χ1n) is 11.0. The SMILES string of the molecule is COc1ccc(C(=O)N/N=C\c2ccc(OCc3cccc4ccccc34)c(OC)c2)c(OC)c1. The number of hydrogen-bond acceptors (Lipinski definition) is 6. The molecule has 0 spiro atoms. The maximum absolute atomic E-state index is 12.5. The number of rotatable bonds is 9. The van der Waals surface area contributed by atoms with Gasteiger partial charge in [-0.25, -0.2) is 5.43 Å². The van der Waals surface area contributed by atoms with E-state index < -0.39 is 5.91 Å². The second-order valence-corrected chi connectivity index (χ2v) is 7.60. The van der Waals surface area contributed by atoms with E-state index in [0.29, 0.717) is 35.2 Å². The number of nitrogens with one attached hydrogen (secondary N) is 1. The van der Waals surface area contributed by atoms with Gasteiger partial charge in [0.25, 0.3) is 5.91 Å². The van der Waals surface area contributed by atoms with Crippen molar-refractivity contribution in [3.05, 3.63) is 95.6 Å². The highest BCUT2D eigenvalue weighted by Crippen LogP contribution is 2.29. The summed E-state index contributed by atoms with van der Waals surface area (Å²) in [5, 5.41) is 6.38. The fourth-order valence-corrected chi connectivity index (χ4v) is 3.67. The molecule has 0 bridgehead atoms. The van der Waals surface area contributed by atoms with Crippen molar-refractivity contribution in [2.45, 2.75) is 6.61 Å². The lowest BCUT2D eigenvalue weighted by molar-refractivity contribution is 0.0952. The van der Waals surface area contributed by atoms with Crippen LogP contribution in [0.5, 0.6) is 23.0 Å². The average Bonchev–Trinajstić information content (AvgIpc) is 2.91. The fraction of sp³-hybridized carbons (Fsp3) is 0.143. The third kappa shape index (κ3) is 5.52. The van der Waals surface area contributed by atoms with Crippen LogP contribution in [0.15, 0.2) is 84.0 Å². The molecule has 0 saturated carbocycles. The predicted molar refractivity (Wildman–Crippen MR) is 136 cm³/mol. The van der Waals surface area contributed by atoms with Crippen LogP contribution >= 0.6 is 0 Å². The number of nitrogens with zero attached hydrogens (tertiary/aromatic N) is 1. The van der Waals surface area contributed by atoms with Crippen molar-refractivity contribution >= 4 is 22.9 Å². The van der Waals surface area contributed by atoms with Crippen molar-refractivity contribution in [2.75, 3.05) is 21.3 Å². The van der Waals surface area contributed by atoms with Crippen LogP contribution in [-0.4, -0.2) is 33.5 Å². The molecule has 0 unspecified atom stereocenters. The zero-order valence-electron chi connectivity index (χ0n) is 19.8. The van der Waals surface area contributed by atoms with Gasteiger partial charge < -0.3 is 18.9 Å². The number of hydrazone groups is 1. The van der Waals surface area contributed by atoms with Crippen LogP contribution in [0.2, 0.25) is 0 Å². The summed E-state index contributed by atoms with van der Waals surface area (Å²) in [6.45, 7) is 0.408. The minimum Gasteiger partial charge on any atom is -0.497 e. The normalized spacial score (nSPS) is 10.8. The number of carbonyl (C=O) groups excluding carboxylic acids is 1. The van der Waals surface area contributed by atoms with Crippen molar-refractivity contribution in [3.8, 4) is 23.0 Å². The van der Waals surface area contributed by atoms with E-state index in [1.54, 1.807) is 38.5 Å². The summed E-state index contributed by atoms with van der Waals surface area (Å²) in [6.07, 6.45) is 1.53. The van der Waals surface area contributed by atoms with Gasteiger partial charge in [-0.1, -0.05) is 42.5 Å². The van der Waals surface area contributed by atoms with Gasteiger partial charge in [0.05, 0.1) is 33.1 Å². The standard InChI is InChI=1S/C28H26N2O5/c1-32-22-12-13-24(26(16-22)33-2)28(31)30-29-17-19-11-14-25(27(15-19)34-3)35-18-21-9-6-8-20-7-4-5-10-23(20)21/h4-17H,18H2,1-3H3,(H,30,31)/b29-17-. The minimum absolute atomic E-state index is 0.347. The lowest BCUT2D eigenvalue weighted by Crippen LogP contribution is -2.18. The molecular weight excluding hydrogens is 444 g/mol. The first-order chi connectivity index (χ1) is 17.1. The van der Waals surface area contributed by atoms with E-state index >= 15 is 0 Å². The summed E-state index contributed by atoms with van der Waals surface area (Å²) in [7, 11) is 4.62. The number of amides is 1. The van der Waals surface area contributed by atoms with Crippen LogP contribution in [0, 0.1) is 0 Å². The van der Waals surface area contributed by atoms with Gasteiger partial charge in [-0.05, 0) is 52.2 Å². The van der Waals surface area contributed by atoms with Crippen molar-refractivity contribution < 1.29 is 23.7 Å². The number of ether oxygens (including phenoxy) is 4. The van der Waals surface area contributed by atoms with Crippen molar-refractivity contribution in [2.24, 2.45) is 5.10 Å². The van der Waals surface area contributed by atoms with E-state index in [2.05, 4.69) is 34.8 Å². The molecule has 4 rings (SSSR count). The van der Waals surface area contributed by atoms with E-state index in [4.69, 9.17) is 18.9 Å². The van der Waals surface area contributed by atoms with Crippen molar-refractivity contribution in [1.82, 2.24) is 5.43 Å². The number of carbonyl (C=O) groups is 1. The maximum atomic E-state index is 12.5. The highest BCUT2D eigenvalue weighted by molar-refractivity contribution is 5.97. The van der Waals surface area contributed by atoms with Gasteiger partial charge in [0.1, 0.15) is 18.1 Å². The van der Waals surface area contributed by atoms with Crippen LogP contribution in [0.1, 0.15) is 21.5 Å². The fourth-order valence-electron chi connectivity index (χ4n) is 3.67.